The van der Waals surface area contributed by atoms with Gasteiger partial charge in [0.1, 0.15) is 0 Å². The van der Waals surface area contributed by atoms with E-state index in [0.717, 1.165) is 18.5 Å². The first kappa shape index (κ1) is 15.9. The number of carbonyl (C=O) groups excluding carboxylic acids is 1. The van der Waals surface area contributed by atoms with E-state index in [9.17, 15) is 4.79 Å². The lowest BCUT2D eigenvalue weighted by Gasteiger charge is -2.07. The number of nitrogens with zero attached hydrogens (tertiary/aromatic N) is 1. The second kappa shape index (κ2) is 8.89. The van der Waals surface area contributed by atoms with Crippen molar-refractivity contribution in [3.8, 4) is 6.07 Å². The Morgan fingerprint density at radius 2 is 2.10 bits per heavy atom. The predicted octanol–water partition coefficient (Wildman–Crippen LogP) is 2.50. The molecule has 0 unspecified atom stereocenters. The van der Waals surface area contributed by atoms with Crippen LogP contribution in [-0.2, 0) is 9.53 Å². The second-order valence-corrected chi connectivity index (χ2v) is 4.70. The number of carbonyl (C=O) groups is 1. The minimum absolute atomic E-state index is 0.348. The molecule has 1 rings (SSSR count). The van der Waals surface area contributed by atoms with Gasteiger partial charge in [0.15, 0.2) is 0 Å². The standard InChI is InChI=1S/C16H20N2O2/c1-13(2)18-10-3-11-20-16(19)9-8-14-4-6-15(12-17)7-5-14/h4-9,13,18H,3,10-11H2,1-2H3/b9-8+. The lowest BCUT2D eigenvalue weighted by molar-refractivity contribution is -0.137. The molecular formula is C16H20N2O2. The number of nitrogens with one attached hydrogen (secondary N) is 1. The molecule has 0 aromatic heterocycles. The molecule has 4 heteroatoms. The summed E-state index contributed by atoms with van der Waals surface area (Å²) < 4.78 is 5.07. The molecule has 0 aliphatic rings. The maximum absolute atomic E-state index is 11.5. The molecule has 0 aliphatic heterocycles. The molecule has 0 atom stereocenters. The van der Waals surface area contributed by atoms with Crippen LogP contribution in [0, 0.1) is 11.3 Å². The summed E-state index contributed by atoms with van der Waals surface area (Å²) >= 11 is 0. The fourth-order valence-electron chi connectivity index (χ4n) is 1.52. The molecule has 0 amide bonds. The van der Waals surface area contributed by atoms with Crippen LogP contribution in [0.3, 0.4) is 0 Å². The Morgan fingerprint density at radius 3 is 2.70 bits per heavy atom. The van der Waals surface area contributed by atoms with E-state index in [1.807, 2.05) is 6.07 Å². The summed E-state index contributed by atoms with van der Waals surface area (Å²) in [7, 11) is 0. The average molecular weight is 272 g/mol. The van der Waals surface area contributed by atoms with Crippen molar-refractivity contribution in [3.63, 3.8) is 0 Å². The van der Waals surface area contributed by atoms with Crippen LogP contribution in [0.25, 0.3) is 6.08 Å². The Kier molecular flexibility index (Phi) is 7.08. The largest absolute Gasteiger partial charge is 0.462 e. The first-order valence-electron chi connectivity index (χ1n) is 6.70. The van der Waals surface area contributed by atoms with Gasteiger partial charge in [-0.15, -0.1) is 0 Å². The van der Waals surface area contributed by atoms with Crippen LogP contribution < -0.4 is 5.32 Å². The van der Waals surface area contributed by atoms with E-state index in [1.165, 1.54) is 6.08 Å². The highest BCUT2D eigenvalue weighted by Crippen LogP contribution is 2.05. The molecule has 0 spiro atoms. The Morgan fingerprint density at radius 1 is 1.40 bits per heavy atom. The number of ether oxygens (including phenoxy) is 1. The van der Waals surface area contributed by atoms with Gasteiger partial charge < -0.3 is 10.1 Å². The van der Waals surface area contributed by atoms with Crippen LogP contribution in [0.1, 0.15) is 31.4 Å². The van der Waals surface area contributed by atoms with Gasteiger partial charge in [-0.3, -0.25) is 0 Å². The molecule has 0 saturated heterocycles. The van der Waals surface area contributed by atoms with Gasteiger partial charge in [-0.2, -0.15) is 5.26 Å². The summed E-state index contributed by atoms with van der Waals surface area (Å²) in [6.07, 6.45) is 3.88. The lowest BCUT2D eigenvalue weighted by atomic mass is 10.1. The van der Waals surface area contributed by atoms with Crippen molar-refractivity contribution in [1.82, 2.24) is 5.32 Å². The van der Waals surface area contributed by atoms with Gasteiger partial charge in [0.05, 0.1) is 18.2 Å². The average Bonchev–Trinajstić information content (AvgIpc) is 2.45. The quantitative estimate of drug-likeness (QED) is 0.470. The summed E-state index contributed by atoms with van der Waals surface area (Å²) in [5.74, 6) is -0.348. The number of benzene rings is 1. The third-order valence-corrected chi connectivity index (χ3v) is 2.57. The highest BCUT2D eigenvalue weighted by Gasteiger charge is 1.98. The van der Waals surface area contributed by atoms with Gasteiger partial charge in [0.2, 0.25) is 0 Å². The highest BCUT2D eigenvalue weighted by atomic mass is 16.5. The molecule has 0 radical (unpaired) electrons. The topological polar surface area (TPSA) is 62.1 Å². The maximum Gasteiger partial charge on any atom is 0.330 e. The third-order valence-electron chi connectivity index (χ3n) is 2.57. The SMILES string of the molecule is CC(C)NCCCOC(=O)/C=C/c1ccc(C#N)cc1. The molecule has 1 aromatic rings. The Labute approximate surface area is 120 Å². The van der Waals surface area contributed by atoms with E-state index >= 15 is 0 Å². The van der Waals surface area contributed by atoms with E-state index in [4.69, 9.17) is 10.00 Å². The van der Waals surface area contributed by atoms with Crippen LogP contribution in [0.4, 0.5) is 0 Å². The van der Waals surface area contributed by atoms with E-state index in [-0.39, 0.29) is 5.97 Å². The van der Waals surface area contributed by atoms with Gasteiger partial charge in [-0.05, 0) is 36.7 Å². The van der Waals surface area contributed by atoms with E-state index in [2.05, 4.69) is 19.2 Å². The highest BCUT2D eigenvalue weighted by molar-refractivity contribution is 5.87. The van der Waals surface area contributed by atoms with Crippen molar-refractivity contribution in [2.45, 2.75) is 26.3 Å². The summed E-state index contributed by atoms with van der Waals surface area (Å²) in [5.41, 5.74) is 1.46. The van der Waals surface area contributed by atoms with Gasteiger partial charge in [0, 0.05) is 12.1 Å². The Balaban J connectivity index is 2.27. The monoisotopic (exact) mass is 272 g/mol. The molecular weight excluding hydrogens is 252 g/mol. The zero-order valence-corrected chi connectivity index (χ0v) is 11.9. The molecule has 0 bridgehead atoms. The van der Waals surface area contributed by atoms with Gasteiger partial charge >= 0.3 is 5.97 Å². The zero-order valence-electron chi connectivity index (χ0n) is 11.9. The molecule has 0 saturated carbocycles. The fraction of sp³-hybridized carbons (Fsp3) is 0.375. The van der Waals surface area contributed by atoms with Gasteiger partial charge in [0.25, 0.3) is 0 Å². The summed E-state index contributed by atoms with van der Waals surface area (Å²) in [5, 5.41) is 11.9. The molecule has 1 aromatic carbocycles. The molecule has 4 nitrogen and oxygen atoms in total. The number of rotatable bonds is 7. The number of hydrogen-bond acceptors (Lipinski definition) is 4. The molecule has 0 heterocycles. The maximum atomic E-state index is 11.5. The first-order valence-corrected chi connectivity index (χ1v) is 6.70. The molecule has 1 N–H and O–H groups in total. The number of hydrogen-bond donors (Lipinski definition) is 1. The smallest absolute Gasteiger partial charge is 0.330 e. The molecule has 0 fully saturated rings. The van der Waals surface area contributed by atoms with E-state index < -0.39 is 0 Å². The van der Waals surface area contributed by atoms with Gasteiger partial charge in [-0.25, -0.2) is 4.79 Å². The predicted molar refractivity (Wildman–Crippen MR) is 78.9 cm³/mol. The van der Waals surface area contributed by atoms with E-state index in [1.54, 1.807) is 30.3 Å². The lowest BCUT2D eigenvalue weighted by Crippen LogP contribution is -2.24. The fourth-order valence-corrected chi connectivity index (χ4v) is 1.52. The van der Waals surface area contributed by atoms with Crippen molar-refractivity contribution >= 4 is 12.0 Å². The zero-order chi connectivity index (χ0) is 14.8. The van der Waals surface area contributed by atoms with Crippen LogP contribution in [0.15, 0.2) is 30.3 Å². The van der Waals surface area contributed by atoms with Gasteiger partial charge in [-0.1, -0.05) is 26.0 Å². The van der Waals surface area contributed by atoms with Crippen molar-refractivity contribution in [3.05, 3.63) is 41.5 Å². The minimum atomic E-state index is -0.348. The molecule has 20 heavy (non-hydrogen) atoms. The van der Waals surface area contributed by atoms with Crippen molar-refractivity contribution in [1.29, 1.82) is 5.26 Å². The summed E-state index contributed by atoms with van der Waals surface area (Å²) in [6.45, 7) is 5.40. The molecule has 106 valence electrons. The van der Waals surface area contributed by atoms with Crippen LogP contribution in [-0.4, -0.2) is 25.2 Å². The van der Waals surface area contributed by atoms with Crippen LogP contribution in [0.5, 0.6) is 0 Å². The van der Waals surface area contributed by atoms with Crippen molar-refractivity contribution in [2.24, 2.45) is 0 Å². The number of esters is 1. The van der Waals surface area contributed by atoms with Crippen molar-refractivity contribution in [2.75, 3.05) is 13.2 Å². The summed E-state index contributed by atoms with van der Waals surface area (Å²) in [6, 6.07) is 9.49. The van der Waals surface area contributed by atoms with E-state index in [0.29, 0.717) is 18.2 Å². The Hall–Kier alpha value is -2.12. The normalized spacial score (nSPS) is 10.7. The number of nitriles is 1. The third kappa shape index (κ3) is 6.72. The van der Waals surface area contributed by atoms with Crippen molar-refractivity contribution < 1.29 is 9.53 Å². The first-order chi connectivity index (χ1) is 9.61. The summed E-state index contributed by atoms with van der Waals surface area (Å²) in [4.78, 5) is 11.5. The minimum Gasteiger partial charge on any atom is -0.462 e. The second-order valence-electron chi connectivity index (χ2n) is 4.70. The molecule has 0 aliphatic carbocycles. The van der Waals surface area contributed by atoms with Crippen LogP contribution in [0.2, 0.25) is 0 Å². The van der Waals surface area contributed by atoms with Crippen LogP contribution >= 0.6 is 0 Å². The Bertz CT molecular complexity index is 484.